The summed E-state index contributed by atoms with van der Waals surface area (Å²) in [6, 6.07) is 5.65. The van der Waals surface area contributed by atoms with E-state index in [0.29, 0.717) is 5.69 Å². The SMILES string of the molecule is CC(C)(C(=O)Nc1ccc(F)cc1)C(=O)NC1CCCCC1. The summed E-state index contributed by atoms with van der Waals surface area (Å²) in [5, 5.41) is 5.64. The van der Waals surface area contributed by atoms with Gasteiger partial charge in [-0.3, -0.25) is 9.59 Å². The fourth-order valence-corrected chi connectivity index (χ4v) is 2.54. The van der Waals surface area contributed by atoms with Gasteiger partial charge in [0.2, 0.25) is 11.8 Å². The fraction of sp³-hybridized carbons (Fsp3) is 0.529. The quantitative estimate of drug-likeness (QED) is 0.839. The molecule has 0 atom stereocenters. The van der Waals surface area contributed by atoms with Crippen molar-refractivity contribution < 1.29 is 14.0 Å². The van der Waals surface area contributed by atoms with Gasteiger partial charge in [-0.2, -0.15) is 0 Å². The van der Waals surface area contributed by atoms with Crippen LogP contribution in [0.15, 0.2) is 24.3 Å². The normalized spacial score (nSPS) is 16.1. The van der Waals surface area contributed by atoms with E-state index in [1.54, 1.807) is 13.8 Å². The zero-order chi connectivity index (χ0) is 16.2. The summed E-state index contributed by atoms with van der Waals surface area (Å²) in [7, 11) is 0. The summed E-state index contributed by atoms with van der Waals surface area (Å²) >= 11 is 0. The van der Waals surface area contributed by atoms with Gasteiger partial charge in [0.1, 0.15) is 11.2 Å². The summed E-state index contributed by atoms with van der Waals surface area (Å²) < 4.78 is 12.9. The number of amides is 2. The van der Waals surface area contributed by atoms with Gasteiger partial charge in [0.15, 0.2) is 0 Å². The average molecular weight is 306 g/mol. The van der Waals surface area contributed by atoms with Crippen LogP contribution < -0.4 is 10.6 Å². The van der Waals surface area contributed by atoms with Gasteiger partial charge in [-0.15, -0.1) is 0 Å². The van der Waals surface area contributed by atoms with Gasteiger partial charge in [-0.1, -0.05) is 19.3 Å². The van der Waals surface area contributed by atoms with Crippen molar-refractivity contribution in [1.82, 2.24) is 5.32 Å². The van der Waals surface area contributed by atoms with Gasteiger partial charge in [0, 0.05) is 11.7 Å². The number of hydrogen-bond donors (Lipinski definition) is 2. The highest BCUT2D eigenvalue weighted by atomic mass is 19.1. The molecule has 0 radical (unpaired) electrons. The molecule has 0 spiro atoms. The van der Waals surface area contributed by atoms with Gasteiger partial charge in [-0.05, 0) is 51.0 Å². The minimum absolute atomic E-state index is 0.166. The lowest BCUT2D eigenvalue weighted by molar-refractivity contribution is -0.139. The highest BCUT2D eigenvalue weighted by Crippen LogP contribution is 2.22. The third-order valence-electron chi connectivity index (χ3n) is 4.18. The molecule has 1 fully saturated rings. The molecule has 120 valence electrons. The zero-order valence-corrected chi connectivity index (χ0v) is 13.1. The molecular weight excluding hydrogens is 283 g/mol. The van der Waals surface area contributed by atoms with Crippen molar-refractivity contribution in [3.8, 4) is 0 Å². The number of carbonyl (C=O) groups is 2. The molecule has 0 aliphatic heterocycles. The second-order valence-corrected chi connectivity index (χ2v) is 6.39. The van der Waals surface area contributed by atoms with E-state index < -0.39 is 11.3 Å². The highest BCUT2D eigenvalue weighted by Gasteiger charge is 2.37. The molecule has 1 aliphatic rings. The van der Waals surface area contributed by atoms with Crippen molar-refractivity contribution in [2.24, 2.45) is 5.41 Å². The van der Waals surface area contributed by atoms with E-state index in [0.717, 1.165) is 25.7 Å². The van der Waals surface area contributed by atoms with E-state index in [2.05, 4.69) is 10.6 Å². The topological polar surface area (TPSA) is 58.2 Å². The molecule has 22 heavy (non-hydrogen) atoms. The lowest BCUT2D eigenvalue weighted by Crippen LogP contribution is -2.49. The number of halogens is 1. The Bertz CT molecular complexity index is 534. The van der Waals surface area contributed by atoms with Crippen molar-refractivity contribution >= 4 is 17.5 Å². The maximum atomic E-state index is 12.9. The molecule has 0 unspecified atom stereocenters. The predicted molar refractivity (Wildman–Crippen MR) is 83.8 cm³/mol. The Balaban J connectivity index is 1.96. The lowest BCUT2D eigenvalue weighted by Gasteiger charge is -2.28. The van der Waals surface area contributed by atoms with Crippen LogP contribution in [0.5, 0.6) is 0 Å². The summed E-state index contributed by atoms with van der Waals surface area (Å²) in [5.41, 5.74) is -0.698. The third kappa shape index (κ3) is 4.06. The first-order valence-electron chi connectivity index (χ1n) is 7.77. The number of nitrogens with one attached hydrogen (secondary N) is 2. The first-order valence-corrected chi connectivity index (χ1v) is 7.77. The number of rotatable bonds is 4. The van der Waals surface area contributed by atoms with Crippen LogP contribution >= 0.6 is 0 Å². The molecule has 1 aromatic carbocycles. The minimum Gasteiger partial charge on any atom is -0.352 e. The number of carbonyl (C=O) groups excluding carboxylic acids is 2. The molecule has 2 amide bonds. The second kappa shape index (κ2) is 6.90. The summed E-state index contributed by atoms with van der Waals surface area (Å²) in [6.07, 6.45) is 5.39. The summed E-state index contributed by atoms with van der Waals surface area (Å²) in [4.78, 5) is 24.7. The molecule has 5 heteroatoms. The highest BCUT2D eigenvalue weighted by molar-refractivity contribution is 6.09. The zero-order valence-electron chi connectivity index (χ0n) is 13.1. The number of anilines is 1. The number of benzene rings is 1. The minimum atomic E-state index is -1.17. The van der Waals surface area contributed by atoms with E-state index in [1.165, 1.54) is 30.7 Å². The van der Waals surface area contributed by atoms with Crippen LogP contribution in [0.1, 0.15) is 46.0 Å². The molecule has 0 saturated heterocycles. The molecule has 0 aromatic heterocycles. The van der Waals surface area contributed by atoms with Crippen molar-refractivity contribution in [1.29, 1.82) is 0 Å². The predicted octanol–water partition coefficient (Wildman–Crippen LogP) is 3.24. The average Bonchev–Trinajstić information content (AvgIpc) is 2.50. The first-order chi connectivity index (χ1) is 10.4. The van der Waals surface area contributed by atoms with Gasteiger partial charge in [-0.25, -0.2) is 4.39 Å². The van der Waals surface area contributed by atoms with E-state index in [-0.39, 0.29) is 17.8 Å². The standard InChI is InChI=1S/C17H23FN2O2/c1-17(2,15(21)19-13-6-4-3-5-7-13)16(22)20-14-10-8-12(18)9-11-14/h8-11,13H,3-7H2,1-2H3,(H,19,21)(H,20,22). The second-order valence-electron chi connectivity index (χ2n) is 6.39. The van der Waals surface area contributed by atoms with Crippen LogP contribution in [0, 0.1) is 11.2 Å². The van der Waals surface area contributed by atoms with Crippen molar-refractivity contribution in [3.05, 3.63) is 30.1 Å². The Hall–Kier alpha value is -1.91. The van der Waals surface area contributed by atoms with Crippen molar-refractivity contribution in [3.63, 3.8) is 0 Å². The maximum absolute atomic E-state index is 12.9. The Morgan fingerprint density at radius 3 is 2.23 bits per heavy atom. The Kier molecular flexibility index (Phi) is 5.16. The molecule has 2 N–H and O–H groups in total. The molecular formula is C17H23FN2O2. The van der Waals surface area contributed by atoms with E-state index >= 15 is 0 Å². The van der Waals surface area contributed by atoms with E-state index in [1.807, 2.05) is 0 Å². The van der Waals surface area contributed by atoms with Gasteiger partial charge in [0.05, 0.1) is 0 Å². The molecule has 1 aliphatic carbocycles. The Morgan fingerprint density at radius 2 is 1.64 bits per heavy atom. The number of hydrogen-bond acceptors (Lipinski definition) is 2. The van der Waals surface area contributed by atoms with Crippen LogP contribution in [0.2, 0.25) is 0 Å². The molecule has 0 heterocycles. The van der Waals surface area contributed by atoms with Crippen LogP contribution in [0.3, 0.4) is 0 Å². The van der Waals surface area contributed by atoms with Crippen LogP contribution in [-0.2, 0) is 9.59 Å². The van der Waals surface area contributed by atoms with Crippen molar-refractivity contribution in [2.45, 2.75) is 52.0 Å². The van der Waals surface area contributed by atoms with E-state index in [4.69, 9.17) is 0 Å². The van der Waals surface area contributed by atoms with Crippen molar-refractivity contribution in [2.75, 3.05) is 5.32 Å². The van der Waals surface area contributed by atoms with Crippen LogP contribution in [-0.4, -0.2) is 17.9 Å². The molecule has 1 saturated carbocycles. The third-order valence-corrected chi connectivity index (χ3v) is 4.18. The van der Waals surface area contributed by atoms with Gasteiger partial charge < -0.3 is 10.6 Å². The van der Waals surface area contributed by atoms with Gasteiger partial charge >= 0.3 is 0 Å². The van der Waals surface area contributed by atoms with Crippen LogP contribution in [0.25, 0.3) is 0 Å². The Morgan fingerprint density at radius 1 is 1.05 bits per heavy atom. The molecule has 4 nitrogen and oxygen atoms in total. The summed E-state index contributed by atoms with van der Waals surface area (Å²) in [5.74, 6) is -1.03. The molecule has 2 rings (SSSR count). The molecule has 1 aromatic rings. The summed E-state index contributed by atoms with van der Waals surface area (Å²) in [6.45, 7) is 3.20. The van der Waals surface area contributed by atoms with Crippen LogP contribution in [0.4, 0.5) is 10.1 Å². The monoisotopic (exact) mass is 306 g/mol. The fourth-order valence-electron chi connectivity index (χ4n) is 2.54. The molecule has 0 bridgehead atoms. The smallest absolute Gasteiger partial charge is 0.239 e. The first kappa shape index (κ1) is 16.5. The van der Waals surface area contributed by atoms with Gasteiger partial charge in [0.25, 0.3) is 0 Å². The van der Waals surface area contributed by atoms with E-state index in [9.17, 15) is 14.0 Å². The Labute approximate surface area is 130 Å². The maximum Gasteiger partial charge on any atom is 0.239 e. The largest absolute Gasteiger partial charge is 0.352 e. The lowest BCUT2D eigenvalue weighted by atomic mass is 9.88.